The molecule has 0 aliphatic rings. The summed E-state index contributed by atoms with van der Waals surface area (Å²) in [5.41, 5.74) is 3.40. The van der Waals surface area contributed by atoms with Gasteiger partial charge in [-0.3, -0.25) is 4.98 Å². The van der Waals surface area contributed by atoms with Crippen LogP contribution in [0.2, 0.25) is 0 Å². The molecule has 1 N–H and O–H groups in total. The fourth-order valence-corrected chi connectivity index (χ4v) is 2.06. The molecule has 17 heavy (non-hydrogen) atoms. The summed E-state index contributed by atoms with van der Waals surface area (Å²) in [5, 5.41) is 4.73. The van der Waals surface area contributed by atoms with Crippen molar-refractivity contribution in [3.8, 4) is 0 Å². The van der Waals surface area contributed by atoms with Crippen LogP contribution in [0.4, 0.5) is 0 Å². The van der Waals surface area contributed by atoms with Crippen LogP contribution in [0.1, 0.15) is 18.2 Å². The first-order chi connectivity index (χ1) is 8.16. The van der Waals surface area contributed by atoms with Crippen LogP contribution in [0.15, 0.2) is 30.3 Å². The maximum atomic E-state index is 5.92. The number of benzene rings is 1. The van der Waals surface area contributed by atoms with Crippen molar-refractivity contribution in [1.82, 2.24) is 10.3 Å². The number of alkyl halides is 1. The largest absolute Gasteiger partial charge is 0.311 e. The third-order valence-corrected chi connectivity index (χ3v) is 2.83. The van der Waals surface area contributed by atoms with E-state index in [0.29, 0.717) is 0 Å². The van der Waals surface area contributed by atoms with Gasteiger partial charge in [0, 0.05) is 29.5 Å². The predicted octanol–water partition coefficient (Wildman–Crippen LogP) is 3.26. The van der Waals surface area contributed by atoms with Gasteiger partial charge >= 0.3 is 0 Å². The highest BCUT2D eigenvalue weighted by Gasteiger charge is 2.03. The first kappa shape index (κ1) is 12.3. The van der Waals surface area contributed by atoms with Crippen molar-refractivity contribution in [3.63, 3.8) is 0 Å². The smallest absolute Gasteiger partial charge is 0.0708 e. The molecular weight excluding hydrogens is 232 g/mol. The zero-order chi connectivity index (χ0) is 12.3. The lowest BCUT2D eigenvalue weighted by Gasteiger charge is -2.10. The van der Waals surface area contributed by atoms with E-state index in [-0.39, 0.29) is 5.38 Å². The molecule has 0 bridgehead atoms. The topological polar surface area (TPSA) is 24.9 Å². The molecule has 1 heterocycles. The number of nitrogens with zero attached hydrogens (tertiary/aromatic N) is 1. The number of aryl methyl sites for hydroxylation is 1. The second-order valence-corrected chi connectivity index (χ2v) is 5.10. The van der Waals surface area contributed by atoms with Gasteiger partial charge in [-0.05, 0) is 31.5 Å². The van der Waals surface area contributed by atoms with E-state index in [0.717, 1.165) is 24.3 Å². The van der Waals surface area contributed by atoms with Crippen molar-refractivity contribution in [3.05, 3.63) is 41.6 Å². The Morgan fingerprint density at radius 2 is 2.12 bits per heavy atom. The van der Waals surface area contributed by atoms with Crippen LogP contribution in [0.3, 0.4) is 0 Å². The van der Waals surface area contributed by atoms with Crippen molar-refractivity contribution in [2.24, 2.45) is 0 Å². The lowest BCUT2D eigenvalue weighted by molar-refractivity contribution is 0.682. The Labute approximate surface area is 107 Å². The number of rotatable bonds is 4. The van der Waals surface area contributed by atoms with Crippen LogP contribution < -0.4 is 5.32 Å². The lowest BCUT2D eigenvalue weighted by Crippen LogP contribution is -2.21. The van der Waals surface area contributed by atoms with Gasteiger partial charge in [0.15, 0.2) is 0 Å². The normalized spacial score (nSPS) is 12.9. The fraction of sp³-hybridized carbons (Fsp3) is 0.357. The Balaban J connectivity index is 2.26. The van der Waals surface area contributed by atoms with E-state index in [1.165, 1.54) is 10.9 Å². The van der Waals surface area contributed by atoms with Crippen molar-refractivity contribution in [2.75, 3.05) is 6.54 Å². The second kappa shape index (κ2) is 5.48. The van der Waals surface area contributed by atoms with E-state index in [4.69, 9.17) is 11.6 Å². The number of hydrogen-bond acceptors (Lipinski definition) is 2. The molecule has 0 aliphatic heterocycles. The Hall–Kier alpha value is -1.12. The van der Waals surface area contributed by atoms with Crippen LogP contribution in [0.25, 0.3) is 10.9 Å². The number of nitrogens with one attached hydrogen (secondary N) is 1. The SMILES string of the molecule is Cc1cc(CNCC(C)Cl)c2ccccc2n1. The molecule has 90 valence electrons. The van der Waals surface area contributed by atoms with E-state index >= 15 is 0 Å². The van der Waals surface area contributed by atoms with Gasteiger partial charge in [-0.2, -0.15) is 0 Å². The number of hydrogen-bond donors (Lipinski definition) is 1. The molecular formula is C14H17ClN2. The first-order valence-corrected chi connectivity index (χ1v) is 6.30. The van der Waals surface area contributed by atoms with Crippen molar-refractivity contribution in [2.45, 2.75) is 25.8 Å². The monoisotopic (exact) mass is 248 g/mol. The zero-order valence-corrected chi connectivity index (χ0v) is 11.0. The number of aromatic nitrogens is 1. The van der Waals surface area contributed by atoms with E-state index in [9.17, 15) is 0 Å². The molecule has 0 aliphatic carbocycles. The van der Waals surface area contributed by atoms with Crippen LogP contribution >= 0.6 is 11.6 Å². The van der Waals surface area contributed by atoms with E-state index in [1.54, 1.807) is 0 Å². The van der Waals surface area contributed by atoms with Crippen LogP contribution in [-0.2, 0) is 6.54 Å². The van der Waals surface area contributed by atoms with Crippen molar-refractivity contribution < 1.29 is 0 Å². The van der Waals surface area contributed by atoms with Gasteiger partial charge in [-0.1, -0.05) is 18.2 Å². The van der Waals surface area contributed by atoms with E-state index < -0.39 is 0 Å². The average molecular weight is 249 g/mol. The minimum atomic E-state index is 0.157. The maximum absolute atomic E-state index is 5.92. The molecule has 0 radical (unpaired) electrons. The average Bonchev–Trinajstić information content (AvgIpc) is 2.28. The predicted molar refractivity (Wildman–Crippen MR) is 73.5 cm³/mol. The Kier molecular flexibility index (Phi) is 3.97. The van der Waals surface area contributed by atoms with Gasteiger partial charge in [0.1, 0.15) is 0 Å². The van der Waals surface area contributed by atoms with Crippen LogP contribution in [-0.4, -0.2) is 16.9 Å². The summed E-state index contributed by atoms with van der Waals surface area (Å²) in [4.78, 5) is 4.53. The molecule has 0 fully saturated rings. The molecule has 1 atom stereocenters. The van der Waals surface area contributed by atoms with Gasteiger partial charge in [0.05, 0.1) is 5.52 Å². The fourth-order valence-electron chi connectivity index (χ4n) is 1.95. The summed E-state index contributed by atoms with van der Waals surface area (Å²) in [7, 11) is 0. The number of fused-ring (bicyclic) bond motifs is 1. The zero-order valence-electron chi connectivity index (χ0n) is 10.2. The Bertz CT molecular complexity index is 509. The summed E-state index contributed by atoms with van der Waals surface area (Å²) < 4.78 is 0. The van der Waals surface area contributed by atoms with E-state index in [1.807, 2.05) is 26.0 Å². The molecule has 2 rings (SSSR count). The highest BCUT2D eigenvalue weighted by molar-refractivity contribution is 6.20. The molecule has 1 unspecified atom stereocenters. The maximum Gasteiger partial charge on any atom is 0.0708 e. The number of halogens is 1. The quantitative estimate of drug-likeness (QED) is 0.841. The summed E-state index contributed by atoms with van der Waals surface area (Å²) in [5.74, 6) is 0. The Morgan fingerprint density at radius 1 is 1.35 bits per heavy atom. The van der Waals surface area contributed by atoms with Crippen LogP contribution in [0.5, 0.6) is 0 Å². The first-order valence-electron chi connectivity index (χ1n) is 5.87. The van der Waals surface area contributed by atoms with Crippen LogP contribution in [0, 0.1) is 6.92 Å². The standard InChI is InChI=1S/C14H17ClN2/c1-10(15)8-16-9-12-7-11(2)17-14-6-4-3-5-13(12)14/h3-7,10,16H,8-9H2,1-2H3. The lowest BCUT2D eigenvalue weighted by atomic mass is 10.1. The number of pyridine rings is 1. The van der Waals surface area contributed by atoms with Gasteiger partial charge in [0.2, 0.25) is 0 Å². The summed E-state index contributed by atoms with van der Waals surface area (Å²) in [6, 6.07) is 10.4. The molecule has 3 heteroatoms. The molecule has 0 spiro atoms. The number of para-hydroxylation sites is 1. The molecule has 0 amide bonds. The van der Waals surface area contributed by atoms with Crippen molar-refractivity contribution in [1.29, 1.82) is 0 Å². The molecule has 2 nitrogen and oxygen atoms in total. The third-order valence-electron chi connectivity index (χ3n) is 2.67. The van der Waals surface area contributed by atoms with Crippen molar-refractivity contribution >= 4 is 22.5 Å². The second-order valence-electron chi connectivity index (χ2n) is 4.35. The molecule has 2 aromatic rings. The Morgan fingerprint density at radius 3 is 2.88 bits per heavy atom. The third kappa shape index (κ3) is 3.18. The highest BCUT2D eigenvalue weighted by atomic mass is 35.5. The highest BCUT2D eigenvalue weighted by Crippen LogP contribution is 2.17. The van der Waals surface area contributed by atoms with Gasteiger partial charge in [-0.25, -0.2) is 0 Å². The summed E-state index contributed by atoms with van der Waals surface area (Å²) in [6.45, 7) is 5.67. The molecule has 1 aromatic heterocycles. The van der Waals surface area contributed by atoms with Gasteiger partial charge < -0.3 is 5.32 Å². The molecule has 0 saturated heterocycles. The molecule has 1 aromatic carbocycles. The molecule has 0 saturated carbocycles. The minimum absolute atomic E-state index is 0.157. The summed E-state index contributed by atoms with van der Waals surface area (Å²) in [6.07, 6.45) is 0. The minimum Gasteiger partial charge on any atom is -0.311 e. The van der Waals surface area contributed by atoms with Gasteiger partial charge in [-0.15, -0.1) is 11.6 Å². The summed E-state index contributed by atoms with van der Waals surface area (Å²) >= 11 is 5.92. The van der Waals surface area contributed by atoms with E-state index in [2.05, 4.69) is 28.5 Å². The van der Waals surface area contributed by atoms with Gasteiger partial charge in [0.25, 0.3) is 0 Å².